The zero-order valence-electron chi connectivity index (χ0n) is 13.8. The number of benzene rings is 2. The van der Waals surface area contributed by atoms with Gasteiger partial charge in [0, 0.05) is 22.5 Å². The van der Waals surface area contributed by atoms with Gasteiger partial charge in [-0.3, -0.25) is 4.98 Å². The first kappa shape index (κ1) is 15.8. The van der Waals surface area contributed by atoms with Crippen LogP contribution in [0.25, 0.3) is 10.9 Å². The Morgan fingerprint density at radius 2 is 1.92 bits per heavy atom. The molecule has 1 heterocycles. The molecule has 2 aromatic carbocycles. The summed E-state index contributed by atoms with van der Waals surface area (Å²) in [5.41, 5.74) is 3.97. The molecule has 0 aliphatic rings. The molecule has 0 bridgehead atoms. The third-order valence-corrected chi connectivity index (χ3v) is 3.71. The van der Waals surface area contributed by atoms with Gasteiger partial charge in [-0.15, -0.1) is 0 Å². The van der Waals surface area contributed by atoms with Crippen LogP contribution in [0.1, 0.15) is 16.1 Å². The van der Waals surface area contributed by atoms with Crippen LogP contribution >= 0.6 is 0 Å². The maximum absolute atomic E-state index is 11.7. The first-order chi connectivity index (χ1) is 11.6. The first-order valence-corrected chi connectivity index (χ1v) is 7.51. The molecule has 0 radical (unpaired) electrons. The minimum absolute atomic E-state index is 0.365. The zero-order chi connectivity index (χ0) is 17.1. The van der Waals surface area contributed by atoms with Gasteiger partial charge in [0.2, 0.25) is 0 Å². The third-order valence-electron chi connectivity index (χ3n) is 3.71. The highest BCUT2D eigenvalue weighted by atomic mass is 16.5. The summed E-state index contributed by atoms with van der Waals surface area (Å²) in [6, 6.07) is 14.9. The number of fused-ring (bicyclic) bond motifs is 1. The summed E-state index contributed by atoms with van der Waals surface area (Å²) in [4.78, 5) is 16.2. The maximum Gasteiger partial charge on any atom is 0.337 e. The number of methoxy groups -OCH3 is 2. The molecule has 3 rings (SSSR count). The average molecular weight is 322 g/mol. The first-order valence-electron chi connectivity index (χ1n) is 7.51. The van der Waals surface area contributed by atoms with E-state index in [9.17, 15) is 4.79 Å². The predicted molar refractivity (Wildman–Crippen MR) is 94.1 cm³/mol. The van der Waals surface area contributed by atoms with Crippen LogP contribution in [-0.2, 0) is 4.74 Å². The lowest BCUT2D eigenvalue weighted by molar-refractivity contribution is 0.0601. The van der Waals surface area contributed by atoms with Crippen molar-refractivity contribution in [2.75, 3.05) is 19.5 Å². The molecule has 0 fully saturated rings. The van der Waals surface area contributed by atoms with Gasteiger partial charge in [-0.05, 0) is 49.4 Å². The van der Waals surface area contributed by atoms with E-state index in [0.29, 0.717) is 5.56 Å². The molecule has 3 aromatic rings. The van der Waals surface area contributed by atoms with Gasteiger partial charge in [0.1, 0.15) is 5.75 Å². The number of aryl methyl sites for hydroxylation is 1. The number of nitrogens with one attached hydrogen (secondary N) is 1. The summed E-state index contributed by atoms with van der Waals surface area (Å²) in [7, 11) is 3.00. The van der Waals surface area contributed by atoms with Crippen LogP contribution in [0.5, 0.6) is 5.75 Å². The molecular formula is C19H18N2O3. The Labute approximate surface area is 140 Å². The Morgan fingerprint density at radius 3 is 2.67 bits per heavy atom. The number of aromatic nitrogens is 1. The van der Waals surface area contributed by atoms with Crippen molar-refractivity contribution in [1.29, 1.82) is 0 Å². The minimum atomic E-state index is -0.365. The molecule has 122 valence electrons. The fraction of sp³-hybridized carbons (Fsp3) is 0.158. The van der Waals surface area contributed by atoms with Crippen molar-refractivity contribution in [2.45, 2.75) is 6.92 Å². The molecule has 0 atom stereocenters. The Bertz CT molecular complexity index is 906. The highest BCUT2D eigenvalue weighted by molar-refractivity contribution is 5.95. The number of hydrogen-bond acceptors (Lipinski definition) is 5. The van der Waals surface area contributed by atoms with E-state index >= 15 is 0 Å². The van der Waals surface area contributed by atoms with E-state index in [0.717, 1.165) is 33.7 Å². The lowest BCUT2D eigenvalue weighted by Crippen LogP contribution is -2.02. The lowest BCUT2D eigenvalue weighted by atomic mass is 10.1. The van der Waals surface area contributed by atoms with Crippen molar-refractivity contribution >= 4 is 28.2 Å². The van der Waals surface area contributed by atoms with Crippen molar-refractivity contribution in [3.63, 3.8) is 0 Å². The van der Waals surface area contributed by atoms with Crippen molar-refractivity contribution in [3.8, 4) is 5.75 Å². The smallest absolute Gasteiger partial charge is 0.337 e. The Morgan fingerprint density at radius 1 is 1.08 bits per heavy atom. The molecule has 5 heteroatoms. The minimum Gasteiger partial charge on any atom is -0.497 e. The summed E-state index contributed by atoms with van der Waals surface area (Å²) in [5.74, 6) is 0.399. The largest absolute Gasteiger partial charge is 0.497 e. The van der Waals surface area contributed by atoms with Gasteiger partial charge in [0.15, 0.2) is 0 Å². The van der Waals surface area contributed by atoms with E-state index in [4.69, 9.17) is 9.47 Å². The van der Waals surface area contributed by atoms with E-state index in [-0.39, 0.29) is 5.97 Å². The number of hydrogen-bond donors (Lipinski definition) is 1. The molecule has 0 spiro atoms. The van der Waals surface area contributed by atoms with E-state index in [1.807, 2.05) is 43.3 Å². The van der Waals surface area contributed by atoms with E-state index in [1.165, 1.54) is 7.11 Å². The number of esters is 1. The third kappa shape index (κ3) is 3.15. The summed E-state index contributed by atoms with van der Waals surface area (Å²) in [6.45, 7) is 1.94. The quantitative estimate of drug-likeness (QED) is 0.733. The second-order valence-electron chi connectivity index (χ2n) is 5.39. The molecule has 1 aromatic heterocycles. The van der Waals surface area contributed by atoms with Crippen molar-refractivity contribution in [2.24, 2.45) is 0 Å². The molecule has 0 aliphatic carbocycles. The molecule has 0 saturated heterocycles. The SMILES string of the molecule is COC(=O)c1cccc(Nc2cc(C)nc3ccc(OC)cc23)c1. The molecule has 5 nitrogen and oxygen atoms in total. The van der Waals surface area contributed by atoms with Crippen molar-refractivity contribution in [1.82, 2.24) is 4.98 Å². The molecule has 0 unspecified atom stereocenters. The van der Waals surface area contributed by atoms with Crippen molar-refractivity contribution in [3.05, 3.63) is 59.8 Å². The average Bonchev–Trinajstić information content (AvgIpc) is 2.61. The number of carbonyl (C=O) groups is 1. The monoisotopic (exact) mass is 322 g/mol. The van der Waals surface area contributed by atoms with Crippen LogP contribution in [0.2, 0.25) is 0 Å². The molecule has 0 aliphatic heterocycles. The standard InChI is InChI=1S/C19H18N2O3/c1-12-9-18(16-11-15(23-2)7-8-17(16)20-12)21-14-6-4-5-13(10-14)19(22)24-3/h4-11H,1-3H3,(H,20,21). The lowest BCUT2D eigenvalue weighted by Gasteiger charge is -2.12. The summed E-state index contributed by atoms with van der Waals surface area (Å²) in [5, 5.41) is 4.30. The van der Waals surface area contributed by atoms with Gasteiger partial charge in [-0.2, -0.15) is 0 Å². The fourth-order valence-electron chi connectivity index (χ4n) is 2.56. The molecule has 0 amide bonds. The summed E-state index contributed by atoms with van der Waals surface area (Å²) < 4.78 is 10.1. The van der Waals surface area contributed by atoms with E-state index in [2.05, 4.69) is 10.3 Å². The highest BCUT2D eigenvalue weighted by Crippen LogP contribution is 2.29. The molecule has 0 saturated carbocycles. The second kappa shape index (κ2) is 6.58. The number of nitrogens with zero attached hydrogens (tertiary/aromatic N) is 1. The molecule has 1 N–H and O–H groups in total. The van der Waals surface area contributed by atoms with Crippen LogP contribution in [-0.4, -0.2) is 25.2 Å². The zero-order valence-corrected chi connectivity index (χ0v) is 13.8. The number of anilines is 2. The highest BCUT2D eigenvalue weighted by Gasteiger charge is 2.09. The number of ether oxygens (including phenoxy) is 2. The van der Waals surface area contributed by atoms with Gasteiger partial charge in [0.25, 0.3) is 0 Å². The Kier molecular flexibility index (Phi) is 4.33. The topological polar surface area (TPSA) is 60.5 Å². The maximum atomic E-state index is 11.7. The van der Waals surface area contributed by atoms with E-state index < -0.39 is 0 Å². The van der Waals surface area contributed by atoms with E-state index in [1.54, 1.807) is 19.2 Å². The summed E-state index contributed by atoms with van der Waals surface area (Å²) >= 11 is 0. The normalized spacial score (nSPS) is 10.5. The summed E-state index contributed by atoms with van der Waals surface area (Å²) in [6.07, 6.45) is 0. The van der Waals surface area contributed by atoms with Gasteiger partial charge in [0.05, 0.1) is 25.3 Å². The Balaban J connectivity index is 2.05. The van der Waals surface area contributed by atoms with Crippen LogP contribution in [0.4, 0.5) is 11.4 Å². The van der Waals surface area contributed by atoms with Gasteiger partial charge in [-0.25, -0.2) is 4.79 Å². The van der Waals surface area contributed by atoms with Gasteiger partial charge in [-0.1, -0.05) is 6.07 Å². The van der Waals surface area contributed by atoms with Gasteiger partial charge >= 0.3 is 5.97 Å². The fourth-order valence-corrected chi connectivity index (χ4v) is 2.56. The van der Waals surface area contributed by atoms with Crippen LogP contribution < -0.4 is 10.1 Å². The van der Waals surface area contributed by atoms with Crippen LogP contribution in [0, 0.1) is 6.92 Å². The second-order valence-corrected chi connectivity index (χ2v) is 5.39. The Hall–Kier alpha value is -3.08. The number of pyridine rings is 1. The van der Waals surface area contributed by atoms with Crippen LogP contribution in [0.15, 0.2) is 48.5 Å². The molecule has 24 heavy (non-hydrogen) atoms. The van der Waals surface area contributed by atoms with Gasteiger partial charge < -0.3 is 14.8 Å². The predicted octanol–water partition coefficient (Wildman–Crippen LogP) is 4.08. The van der Waals surface area contributed by atoms with Crippen LogP contribution in [0.3, 0.4) is 0 Å². The van der Waals surface area contributed by atoms with Crippen molar-refractivity contribution < 1.29 is 14.3 Å². The molecular weight excluding hydrogens is 304 g/mol. The number of rotatable bonds is 4. The number of carbonyl (C=O) groups excluding carboxylic acids is 1.